The van der Waals surface area contributed by atoms with E-state index in [1.807, 2.05) is 42.6 Å². The predicted octanol–water partition coefficient (Wildman–Crippen LogP) is 4.52. The largest absolute Gasteiger partial charge is 0.462 e. The molecule has 1 aliphatic rings. The van der Waals surface area contributed by atoms with Crippen molar-refractivity contribution in [2.24, 2.45) is 0 Å². The van der Waals surface area contributed by atoms with Crippen LogP contribution in [0.4, 0.5) is 5.69 Å². The van der Waals surface area contributed by atoms with E-state index in [-0.39, 0.29) is 18.2 Å². The van der Waals surface area contributed by atoms with Crippen molar-refractivity contribution < 1.29 is 19.1 Å². The van der Waals surface area contributed by atoms with Crippen molar-refractivity contribution in [2.45, 2.75) is 12.8 Å². The van der Waals surface area contributed by atoms with Crippen molar-refractivity contribution >= 4 is 34.4 Å². The summed E-state index contributed by atoms with van der Waals surface area (Å²) in [7, 11) is 0. The molecule has 180 valence electrons. The molecule has 1 aromatic heterocycles. The number of amides is 2. The molecular formula is C29H25N3O4. The molecule has 2 amide bonds. The highest BCUT2D eigenvalue weighted by Gasteiger charge is 2.33. The number of nitrogens with zero attached hydrogens (tertiary/aromatic N) is 1. The molecule has 0 fully saturated rings. The van der Waals surface area contributed by atoms with Gasteiger partial charge in [0.05, 0.1) is 17.9 Å². The standard InChI is InChI=1S/C29H25N3O4/c1-2-36-29(35)20-12-14-21(15-13-20)32-27(33)16-26(28(32)34)31-17-23(19-8-4-3-5-9-19)24-18-30-25-11-7-6-10-22(24)25/h3-16,18,23,30-31H,2,17H2,1H3/t23-/m0/s1. The Bertz CT molecular complexity index is 1450. The maximum absolute atomic E-state index is 13.2. The summed E-state index contributed by atoms with van der Waals surface area (Å²) in [5, 5.41) is 4.33. The van der Waals surface area contributed by atoms with E-state index in [0.29, 0.717) is 17.8 Å². The molecule has 0 unspecified atom stereocenters. The molecule has 0 radical (unpaired) electrons. The fourth-order valence-corrected chi connectivity index (χ4v) is 4.49. The van der Waals surface area contributed by atoms with Gasteiger partial charge in [-0.15, -0.1) is 0 Å². The fourth-order valence-electron chi connectivity index (χ4n) is 4.49. The predicted molar refractivity (Wildman–Crippen MR) is 138 cm³/mol. The molecule has 2 heterocycles. The second-order valence-electron chi connectivity index (χ2n) is 8.44. The lowest BCUT2D eigenvalue weighted by Crippen LogP contribution is -2.34. The van der Waals surface area contributed by atoms with Gasteiger partial charge >= 0.3 is 5.97 Å². The number of esters is 1. The normalized spacial score (nSPS) is 14.1. The zero-order valence-electron chi connectivity index (χ0n) is 19.7. The van der Waals surface area contributed by atoms with Crippen LogP contribution < -0.4 is 10.2 Å². The molecule has 1 atom stereocenters. The molecular weight excluding hydrogens is 454 g/mol. The first kappa shape index (κ1) is 23.1. The number of carbonyl (C=O) groups excluding carboxylic acids is 3. The Labute approximate surface area is 208 Å². The number of imide groups is 1. The van der Waals surface area contributed by atoms with E-state index in [4.69, 9.17) is 4.74 Å². The Kier molecular flexibility index (Phi) is 6.36. The van der Waals surface area contributed by atoms with Crippen molar-refractivity contribution in [1.29, 1.82) is 0 Å². The summed E-state index contributed by atoms with van der Waals surface area (Å²) in [6.45, 7) is 2.42. The van der Waals surface area contributed by atoms with Crippen LogP contribution in [0.1, 0.15) is 34.3 Å². The monoisotopic (exact) mass is 479 g/mol. The molecule has 2 N–H and O–H groups in total. The molecule has 0 spiro atoms. The number of nitrogens with one attached hydrogen (secondary N) is 2. The number of carbonyl (C=O) groups is 3. The maximum atomic E-state index is 13.2. The summed E-state index contributed by atoms with van der Waals surface area (Å²) in [5.74, 6) is -1.37. The van der Waals surface area contributed by atoms with Crippen LogP contribution >= 0.6 is 0 Å². The van der Waals surface area contributed by atoms with Crippen LogP contribution in [0.5, 0.6) is 0 Å². The average molecular weight is 480 g/mol. The Morgan fingerprint density at radius 2 is 1.69 bits per heavy atom. The number of hydrogen-bond donors (Lipinski definition) is 2. The number of anilines is 1. The van der Waals surface area contributed by atoms with Crippen LogP contribution in [-0.4, -0.2) is 35.9 Å². The second kappa shape index (κ2) is 9.92. The minimum atomic E-state index is -0.451. The molecule has 4 aromatic rings. The lowest BCUT2D eigenvalue weighted by Gasteiger charge is -2.20. The third-order valence-corrected chi connectivity index (χ3v) is 6.25. The summed E-state index contributed by atoms with van der Waals surface area (Å²) >= 11 is 0. The van der Waals surface area contributed by atoms with Gasteiger partial charge in [-0.2, -0.15) is 0 Å². The van der Waals surface area contributed by atoms with E-state index in [0.717, 1.165) is 26.9 Å². The van der Waals surface area contributed by atoms with Gasteiger partial charge in [-0.1, -0.05) is 48.5 Å². The van der Waals surface area contributed by atoms with Crippen molar-refractivity contribution in [1.82, 2.24) is 10.3 Å². The van der Waals surface area contributed by atoms with Crippen molar-refractivity contribution in [3.8, 4) is 0 Å². The van der Waals surface area contributed by atoms with Gasteiger partial charge in [-0.25, -0.2) is 9.69 Å². The van der Waals surface area contributed by atoms with Gasteiger partial charge in [0.15, 0.2) is 0 Å². The molecule has 0 bridgehead atoms. The van der Waals surface area contributed by atoms with Crippen molar-refractivity contribution in [3.63, 3.8) is 0 Å². The van der Waals surface area contributed by atoms with Crippen LogP contribution in [0.3, 0.4) is 0 Å². The second-order valence-corrected chi connectivity index (χ2v) is 8.44. The molecule has 5 rings (SSSR count). The number of ether oxygens (including phenoxy) is 1. The smallest absolute Gasteiger partial charge is 0.338 e. The third-order valence-electron chi connectivity index (χ3n) is 6.25. The lowest BCUT2D eigenvalue weighted by molar-refractivity contribution is -0.120. The average Bonchev–Trinajstić information content (AvgIpc) is 3.45. The molecule has 36 heavy (non-hydrogen) atoms. The summed E-state index contributed by atoms with van der Waals surface area (Å²) in [4.78, 5) is 42.2. The number of hydrogen-bond acceptors (Lipinski definition) is 5. The zero-order valence-corrected chi connectivity index (χ0v) is 19.7. The van der Waals surface area contributed by atoms with Gasteiger partial charge < -0.3 is 15.0 Å². The van der Waals surface area contributed by atoms with Crippen LogP contribution in [0.15, 0.2) is 96.8 Å². The first-order valence-corrected chi connectivity index (χ1v) is 11.8. The maximum Gasteiger partial charge on any atom is 0.338 e. The van der Waals surface area contributed by atoms with Crippen LogP contribution in [0, 0.1) is 0 Å². The Morgan fingerprint density at radius 1 is 0.972 bits per heavy atom. The quantitative estimate of drug-likeness (QED) is 0.286. The molecule has 7 heteroatoms. The SMILES string of the molecule is CCOC(=O)c1ccc(N2C(=O)C=C(NC[C@@H](c3ccccc3)c3c[nH]c4ccccc34)C2=O)cc1. The van der Waals surface area contributed by atoms with Gasteiger partial charge in [0.2, 0.25) is 0 Å². The highest BCUT2D eigenvalue weighted by molar-refractivity contribution is 6.30. The highest BCUT2D eigenvalue weighted by atomic mass is 16.5. The first-order valence-electron chi connectivity index (χ1n) is 11.8. The van der Waals surface area contributed by atoms with E-state index in [2.05, 4.69) is 28.5 Å². The van der Waals surface area contributed by atoms with E-state index < -0.39 is 17.8 Å². The minimum absolute atomic E-state index is 0.0518. The molecule has 1 aliphatic heterocycles. The Morgan fingerprint density at radius 3 is 2.44 bits per heavy atom. The summed E-state index contributed by atoms with van der Waals surface area (Å²) in [6.07, 6.45) is 3.32. The lowest BCUT2D eigenvalue weighted by atomic mass is 9.91. The number of para-hydroxylation sites is 1. The zero-order chi connectivity index (χ0) is 25.1. The van der Waals surface area contributed by atoms with Gasteiger partial charge in [0.1, 0.15) is 5.70 Å². The molecule has 0 saturated carbocycles. The molecule has 0 aliphatic carbocycles. The van der Waals surface area contributed by atoms with Crippen LogP contribution in [-0.2, 0) is 14.3 Å². The number of aromatic amines is 1. The summed E-state index contributed by atoms with van der Waals surface area (Å²) in [6, 6.07) is 24.4. The summed E-state index contributed by atoms with van der Waals surface area (Å²) in [5.41, 5.74) is 4.22. The van der Waals surface area contributed by atoms with Gasteiger partial charge in [-0.05, 0) is 48.4 Å². The van der Waals surface area contributed by atoms with E-state index >= 15 is 0 Å². The minimum Gasteiger partial charge on any atom is -0.462 e. The Balaban J connectivity index is 1.36. The van der Waals surface area contributed by atoms with Gasteiger partial charge in [0.25, 0.3) is 11.8 Å². The summed E-state index contributed by atoms with van der Waals surface area (Å²) < 4.78 is 4.99. The van der Waals surface area contributed by atoms with Gasteiger partial charge in [0, 0.05) is 35.6 Å². The molecule has 0 saturated heterocycles. The van der Waals surface area contributed by atoms with Crippen LogP contribution in [0.25, 0.3) is 10.9 Å². The van der Waals surface area contributed by atoms with E-state index in [1.54, 1.807) is 31.2 Å². The van der Waals surface area contributed by atoms with Crippen molar-refractivity contribution in [2.75, 3.05) is 18.1 Å². The number of H-pyrrole nitrogens is 1. The van der Waals surface area contributed by atoms with E-state index in [1.165, 1.54) is 6.08 Å². The van der Waals surface area contributed by atoms with E-state index in [9.17, 15) is 14.4 Å². The Hall–Kier alpha value is -4.65. The number of aromatic nitrogens is 1. The highest BCUT2D eigenvalue weighted by Crippen LogP contribution is 2.31. The molecule has 7 nitrogen and oxygen atoms in total. The van der Waals surface area contributed by atoms with Crippen molar-refractivity contribution in [3.05, 3.63) is 114 Å². The topological polar surface area (TPSA) is 91.5 Å². The number of benzene rings is 3. The molecule has 3 aromatic carbocycles. The fraction of sp³-hybridized carbons (Fsp3) is 0.138. The third kappa shape index (κ3) is 4.38. The number of fused-ring (bicyclic) bond motifs is 1. The van der Waals surface area contributed by atoms with Gasteiger partial charge in [-0.3, -0.25) is 9.59 Å². The first-order chi connectivity index (χ1) is 17.6. The number of rotatable bonds is 8. The van der Waals surface area contributed by atoms with Crippen LogP contribution in [0.2, 0.25) is 0 Å².